The summed E-state index contributed by atoms with van der Waals surface area (Å²) in [5.74, 6) is 0.203. The molecule has 0 N–H and O–H groups in total. The molecule has 1 aliphatic rings. The number of hydrogen-bond acceptors (Lipinski definition) is 2. The summed E-state index contributed by atoms with van der Waals surface area (Å²) in [5.41, 5.74) is 1.10. The smallest absolute Gasteiger partial charge is 0.164 e. The molecule has 1 aromatic carbocycles. The molecule has 0 radical (unpaired) electrons. The van der Waals surface area contributed by atoms with Gasteiger partial charge in [0, 0.05) is 6.42 Å². The average Bonchev–Trinajstić information content (AvgIpc) is 2.49. The second-order valence-electron chi connectivity index (χ2n) is 3.35. The first-order chi connectivity index (χ1) is 6.27. The highest BCUT2D eigenvalue weighted by Crippen LogP contribution is 2.29. The SMILES string of the molecule is CC1OC(c2ccccc2)CC1=O. The van der Waals surface area contributed by atoms with Crippen molar-refractivity contribution in [3.63, 3.8) is 0 Å². The third-order valence-electron chi connectivity index (χ3n) is 2.38. The van der Waals surface area contributed by atoms with E-state index in [-0.39, 0.29) is 18.0 Å². The van der Waals surface area contributed by atoms with Crippen molar-refractivity contribution in [2.75, 3.05) is 0 Å². The minimum absolute atomic E-state index is 0.0244. The lowest BCUT2D eigenvalue weighted by Crippen LogP contribution is -2.08. The first kappa shape index (κ1) is 8.45. The zero-order valence-electron chi connectivity index (χ0n) is 7.57. The molecule has 0 amide bonds. The molecule has 0 spiro atoms. The van der Waals surface area contributed by atoms with Gasteiger partial charge in [-0.05, 0) is 12.5 Å². The highest BCUT2D eigenvalue weighted by Gasteiger charge is 2.30. The van der Waals surface area contributed by atoms with E-state index in [4.69, 9.17) is 4.74 Å². The van der Waals surface area contributed by atoms with Crippen LogP contribution < -0.4 is 0 Å². The van der Waals surface area contributed by atoms with Gasteiger partial charge in [0.15, 0.2) is 5.78 Å². The van der Waals surface area contributed by atoms with Crippen molar-refractivity contribution in [3.8, 4) is 0 Å². The molecule has 1 heterocycles. The van der Waals surface area contributed by atoms with Crippen LogP contribution in [0.1, 0.15) is 25.0 Å². The van der Waals surface area contributed by atoms with E-state index in [1.807, 2.05) is 37.3 Å². The first-order valence-electron chi connectivity index (χ1n) is 4.50. The molecule has 2 nitrogen and oxygen atoms in total. The van der Waals surface area contributed by atoms with Crippen LogP contribution in [0.4, 0.5) is 0 Å². The van der Waals surface area contributed by atoms with Crippen LogP contribution in [0.3, 0.4) is 0 Å². The molecule has 2 atom stereocenters. The van der Waals surface area contributed by atoms with Gasteiger partial charge in [0.1, 0.15) is 6.10 Å². The lowest BCUT2D eigenvalue weighted by Gasteiger charge is -2.09. The molecule has 0 bridgehead atoms. The monoisotopic (exact) mass is 176 g/mol. The molecule has 1 aromatic rings. The summed E-state index contributed by atoms with van der Waals surface area (Å²) in [6, 6.07) is 9.88. The lowest BCUT2D eigenvalue weighted by atomic mass is 10.1. The van der Waals surface area contributed by atoms with Gasteiger partial charge in [0.05, 0.1) is 6.10 Å². The molecule has 0 aromatic heterocycles. The van der Waals surface area contributed by atoms with Crippen LogP contribution in [-0.4, -0.2) is 11.9 Å². The molecule has 0 aliphatic carbocycles. The number of ketones is 1. The van der Waals surface area contributed by atoms with Gasteiger partial charge >= 0.3 is 0 Å². The second kappa shape index (κ2) is 3.30. The van der Waals surface area contributed by atoms with E-state index in [0.717, 1.165) is 5.56 Å². The Morgan fingerprint density at radius 3 is 2.54 bits per heavy atom. The van der Waals surface area contributed by atoms with Crippen LogP contribution >= 0.6 is 0 Å². The van der Waals surface area contributed by atoms with E-state index in [9.17, 15) is 4.79 Å². The van der Waals surface area contributed by atoms with Gasteiger partial charge in [-0.3, -0.25) is 4.79 Å². The van der Waals surface area contributed by atoms with Gasteiger partial charge in [-0.25, -0.2) is 0 Å². The fourth-order valence-electron chi connectivity index (χ4n) is 1.58. The maximum absolute atomic E-state index is 11.2. The van der Waals surface area contributed by atoms with Crippen LogP contribution in [0.15, 0.2) is 30.3 Å². The van der Waals surface area contributed by atoms with E-state index < -0.39 is 0 Å². The highest BCUT2D eigenvalue weighted by atomic mass is 16.5. The Bertz CT molecular complexity index is 305. The lowest BCUT2D eigenvalue weighted by molar-refractivity contribution is -0.121. The Kier molecular flexibility index (Phi) is 2.15. The number of carbonyl (C=O) groups is 1. The molecule has 2 unspecified atom stereocenters. The molecular formula is C11H12O2. The third kappa shape index (κ3) is 1.63. The summed E-state index contributed by atoms with van der Waals surface area (Å²) in [6.45, 7) is 1.81. The van der Waals surface area contributed by atoms with Crippen molar-refractivity contribution in [2.24, 2.45) is 0 Å². The average molecular weight is 176 g/mol. The van der Waals surface area contributed by atoms with Crippen LogP contribution in [0.5, 0.6) is 0 Å². The summed E-state index contributed by atoms with van der Waals surface area (Å²) in [5, 5.41) is 0. The van der Waals surface area contributed by atoms with Crippen molar-refractivity contribution < 1.29 is 9.53 Å². The fraction of sp³-hybridized carbons (Fsp3) is 0.364. The van der Waals surface area contributed by atoms with E-state index in [1.165, 1.54) is 0 Å². The predicted molar refractivity (Wildman–Crippen MR) is 49.4 cm³/mol. The molecule has 2 rings (SSSR count). The third-order valence-corrected chi connectivity index (χ3v) is 2.38. The molecule has 2 heteroatoms. The van der Waals surface area contributed by atoms with Gasteiger partial charge in [0.2, 0.25) is 0 Å². The Labute approximate surface area is 77.5 Å². The largest absolute Gasteiger partial charge is 0.362 e. The maximum Gasteiger partial charge on any atom is 0.164 e. The zero-order chi connectivity index (χ0) is 9.26. The minimum Gasteiger partial charge on any atom is -0.362 e. The molecule has 13 heavy (non-hydrogen) atoms. The summed E-state index contributed by atoms with van der Waals surface area (Å²) in [7, 11) is 0. The molecule has 1 saturated heterocycles. The number of rotatable bonds is 1. The van der Waals surface area contributed by atoms with Crippen molar-refractivity contribution in [1.29, 1.82) is 0 Å². The van der Waals surface area contributed by atoms with Crippen LogP contribution in [-0.2, 0) is 9.53 Å². The quantitative estimate of drug-likeness (QED) is 0.655. The number of Topliss-reactive ketones (excluding diaryl/α,β-unsaturated/α-hetero) is 1. The fourth-order valence-corrected chi connectivity index (χ4v) is 1.58. The standard InChI is InChI=1S/C11H12O2/c1-8-10(12)7-11(13-8)9-5-3-2-4-6-9/h2-6,8,11H,7H2,1H3. The molecule has 68 valence electrons. The maximum atomic E-state index is 11.2. The molecular weight excluding hydrogens is 164 g/mol. The normalized spacial score (nSPS) is 27.9. The summed E-state index contributed by atoms with van der Waals surface area (Å²) < 4.78 is 5.51. The first-order valence-corrected chi connectivity index (χ1v) is 4.50. The zero-order valence-corrected chi connectivity index (χ0v) is 7.57. The van der Waals surface area contributed by atoms with Crippen LogP contribution in [0, 0.1) is 0 Å². The van der Waals surface area contributed by atoms with E-state index >= 15 is 0 Å². The highest BCUT2D eigenvalue weighted by molar-refractivity contribution is 5.85. The van der Waals surface area contributed by atoms with Gasteiger partial charge in [0.25, 0.3) is 0 Å². The summed E-state index contributed by atoms with van der Waals surface area (Å²) >= 11 is 0. The number of carbonyl (C=O) groups excluding carboxylic acids is 1. The topological polar surface area (TPSA) is 26.3 Å². The number of hydrogen-bond donors (Lipinski definition) is 0. The van der Waals surface area contributed by atoms with Gasteiger partial charge in [-0.15, -0.1) is 0 Å². The minimum atomic E-state index is -0.231. The molecule has 1 aliphatic heterocycles. The predicted octanol–water partition coefficient (Wildman–Crippen LogP) is 2.11. The van der Waals surface area contributed by atoms with E-state index in [0.29, 0.717) is 6.42 Å². The van der Waals surface area contributed by atoms with Gasteiger partial charge < -0.3 is 4.74 Å². The van der Waals surface area contributed by atoms with Crippen LogP contribution in [0.2, 0.25) is 0 Å². The molecule has 1 fully saturated rings. The number of ether oxygens (including phenoxy) is 1. The summed E-state index contributed by atoms with van der Waals surface area (Å²) in [4.78, 5) is 11.2. The van der Waals surface area contributed by atoms with Crippen molar-refractivity contribution >= 4 is 5.78 Å². The van der Waals surface area contributed by atoms with Crippen molar-refractivity contribution in [3.05, 3.63) is 35.9 Å². The summed E-state index contributed by atoms with van der Waals surface area (Å²) in [6.07, 6.45) is 0.263. The van der Waals surface area contributed by atoms with Crippen LogP contribution in [0.25, 0.3) is 0 Å². The van der Waals surface area contributed by atoms with Gasteiger partial charge in [-0.2, -0.15) is 0 Å². The molecule has 0 saturated carbocycles. The Morgan fingerprint density at radius 1 is 1.31 bits per heavy atom. The van der Waals surface area contributed by atoms with E-state index in [2.05, 4.69) is 0 Å². The Morgan fingerprint density at radius 2 is 2.00 bits per heavy atom. The van der Waals surface area contributed by atoms with E-state index in [1.54, 1.807) is 0 Å². The van der Waals surface area contributed by atoms with Crippen molar-refractivity contribution in [1.82, 2.24) is 0 Å². The number of benzene rings is 1. The Hall–Kier alpha value is -1.15. The Balaban J connectivity index is 2.17. The van der Waals surface area contributed by atoms with Crippen molar-refractivity contribution in [2.45, 2.75) is 25.6 Å². The van der Waals surface area contributed by atoms with Gasteiger partial charge in [-0.1, -0.05) is 30.3 Å². The second-order valence-corrected chi connectivity index (χ2v) is 3.35.